The Bertz CT molecular complexity index is 1430. The van der Waals surface area contributed by atoms with Crippen molar-refractivity contribution in [3.05, 3.63) is 75.7 Å². The maximum Gasteiger partial charge on any atom is 0.331 e. The summed E-state index contributed by atoms with van der Waals surface area (Å²) in [4.78, 5) is 20.4. The predicted molar refractivity (Wildman–Crippen MR) is 114 cm³/mol. The number of hydrogen-bond donors (Lipinski definition) is 1. The molecule has 0 saturated carbocycles. The van der Waals surface area contributed by atoms with Gasteiger partial charge in [0.2, 0.25) is 0 Å². The van der Waals surface area contributed by atoms with Crippen molar-refractivity contribution in [3.8, 4) is 16.8 Å². The van der Waals surface area contributed by atoms with Crippen molar-refractivity contribution >= 4 is 21.9 Å². The molecule has 0 aliphatic rings. The molecule has 0 radical (unpaired) electrons. The molecule has 0 aliphatic carbocycles. The quantitative estimate of drug-likeness (QED) is 0.476. The van der Waals surface area contributed by atoms with Crippen LogP contribution >= 0.6 is 0 Å². The minimum Gasteiger partial charge on any atom is -0.361 e. The Hall–Kier alpha value is -3.67. The van der Waals surface area contributed by atoms with Crippen LogP contribution in [0.4, 0.5) is 0 Å². The average molecular weight is 384 g/mol. The Kier molecular flexibility index (Phi) is 3.71. The molecule has 0 bridgehead atoms. The molecule has 3 aromatic heterocycles. The first kappa shape index (κ1) is 17.4. The first-order chi connectivity index (χ1) is 14.0. The highest BCUT2D eigenvalue weighted by molar-refractivity contribution is 6.04. The second-order valence-electron chi connectivity index (χ2n) is 7.46. The summed E-state index contributed by atoms with van der Waals surface area (Å²) in [6.07, 6.45) is 1.72. The van der Waals surface area contributed by atoms with E-state index < -0.39 is 0 Å². The van der Waals surface area contributed by atoms with Gasteiger partial charge in [-0.3, -0.25) is 9.55 Å². The van der Waals surface area contributed by atoms with Crippen molar-refractivity contribution in [3.63, 3.8) is 0 Å². The third-order valence-corrected chi connectivity index (χ3v) is 5.49. The molecule has 0 saturated heterocycles. The van der Waals surface area contributed by atoms with Crippen molar-refractivity contribution in [2.45, 2.75) is 27.7 Å². The first-order valence-electron chi connectivity index (χ1n) is 9.49. The second-order valence-corrected chi connectivity index (χ2v) is 7.46. The SMILES string of the molecule is Cc1cccc(C)c1-n1c(=O)[nH]c2cnc3cc(-c4c(C)noc4C)ccc3c21. The molecule has 29 heavy (non-hydrogen) atoms. The molecular weight excluding hydrogens is 364 g/mol. The normalized spacial score (nSPS) is 11.6. The van der Waals surface area contributed by atoms with Crippen LogP contribution in [-0.4, -0.2) is 19.7 Å². The van der Waals surface area contributed by atoms with Crippen molar-refractivity contribution in [1.29, 1.82) is 0 Å². The number of imidazole rings is 1. The molecule has 0 unspecified atom stereocenters. The number of nitrogens with zero attached hydrogens (tertiary/aromatic N) is 3. The van der Waals surface area contributed by atoms with E-state index in [1.807, 2.05) is 64.1 Å². The highest BCUT2D eigenvalue weighted by Gasteiger charge is 2.17. The van der Waals surface area contributed by atoms with E-state index in [9.17, 15) is 4.79 Å². The van der Waals surface area contributed by atoms with Crippen LogP contribution < -0.4 is 5.69 Å². The van der Waals surface area contributed by atoms with Crippen LogP contribution in [0, 0.1) is 27.7 Å². The molecule has 6 nitrogen and oxygen atoms in total. The maximum atomic E-state index is 12.9. The van der Waals surface area contributed by atoms with Gasteiger partial charge in [0, 0.05) is 10.9 Å². The van der Waals surface area contributed by atoms with Gasteiger partial charge in [0.1, 0.15) is 5.76 Å². The first-order valence-corrected chi connectivity index (χ1v) is 9.49. The zero-order chi connectivity index (χ0) is 20.3. The van der Waals surface area contributed by atoms with E-state index >= 15 is 0 Å². The number of H-pyrrole nitrogens is 1. The van der Waals surface area contributed by atoms with Gasteiger partial charge in [0.15, 0.2) is 0 Å². The van der Waals surface area contributed by atoms with Crippen LogP contribution in [0.1, 0.15) is 22.6 Å². The summed E-state index contributed by atoms with van der Waals surface area (Å²) in [5.74, 6) is 0.775. The van der Waals surface area contributed by atoms with Gasteiger partial charge in [-0.2, -0.15) is 0 Å². The Labute approximate surface area is 166 Å². The van der Waals surface area contributed by atoms with E-state index in [-0.39, 0.29) is 5.69 Å². The van der Waals surface area contributed by atoms with Gasteiger partial charge in [-0.1, -0.05) is 29.4 Å². The standard InChI is InChI=1S/C23H20N4O2/c1-12-6-5-7-13(2)21(12)27-22-17-9-8-16(20-14(3)26-29-15(20)4)10-18(17)24-11-19(22)25-23(27)28/h5-11H,1-4H3,(H,25,28). The van der Waals surface area contributed by atoms with E-state index in [0.717, 1.165) is 61.3 Å². The minimum atomic E-state index is -0.165. The number of rotatable bonds is 2. The molecule has 5 aromatic rings. The fraction of sp³-hybridized carbons (Fsp3) is 0.174. The number of hydrogen-bond acceptors (Lipinski definition) is 4. The summed E-state index contributed by atoms with van der Waals surface area (Å²) in [6.45, 7) is 7.87. The Balaban J connectivity index is 1.85. The average Bonchev–Trinajstić information content (AvgIpc) is 3.20. The third kappa shape index (κ3) is 2.52. The van der Waals surface area contributed by atoms with Gasteiger partial charge < -0.3 is 9.51 Å². The van der Waals surface area contributed by atoms with Gasteiger partial charge in [-0.25, -0.2) is 4.79 Å². The summed E-state index contributed by atoms with van der Waals surface area (Å²) >= 11 is 0. The topological polar surface area (TPSA) is 76.7 Å². The zero-order valence-electron chi connectivity index (χ0n) is 16.7. The van der Waals surface area contributed by atoms with Gasteiger partial charge in [0.25, 0.3) is 0 Å². The zero-order valence-corrected chi connectivity index (χ0v) is 16.7. The Morgan fingerprint density at radius 1 is 1.03 bits per heavy atom. The lowest BCUT2D eigenvalue weighted by atomic mass is 10.0. The smallest absolute Gasteiger partial charge is 0.331 e. The van der Waals surface area contributed by atoms with Crippen LogP contribution in [0.2, 0.25) is 0 Å². The van der Waals surface area contributed by atoms with Crippen molar-refractivity contribution < 1.29 is 4.52 Å². The number of aromatic amines is 1. The Morgan fingerprint density at radius 3 is 2.48 bits per heavy atom. The van der Waals surface area contributed by atoms with E-state index in [0.29, 0.717) is 0 Å². The number of aromatic nitrogens is 4. The van der Waals surface area contributed by atoms with Crippen LogP contribution in [-0.2, 0) is 0 Å². The highest BCUT2D eigenvalue weighted by Crippen LogP contribution is 2.32. The van der Waals surface area contributed by atoms with Gasteiger partial charge in [0.05, 0.1) is 34.1 Å². The van der Waals surface area contributed by atoms with Crippen LogP contribution in [0.5, 0.6) is 0 Å². The number of para-hydroxylation sites is 1. The summed E-state index contributed by atoms with van der Waals surface area (Å²) in [5.41, 5.74) is 8.03. The number of benzene rings is 2. The number of pyridine rings is 1. The highest BCUT2D eigenvalue weighted by atomic mass is 16.5. The van der Waals surface area contributed by atoms with Gasteiger partial charge >= 0.3 is 5.69 Å². The third-order valence-electron chi connectivity index (χ3n) is 5.49. The summed E-state index contributed by atoms with van der Waals surface area (Å²) in [5, 5.41) is 4.97. The van der Waals surface area contributed by atoms with E-state index in [1.54, 1.807) is 10.8 Å². The fourth-order valence-electron chi connectivity index (χ4n) is 4.21. The molecule has 0 aliphatic heterocycles. The van der Waals surface area contributed by atoms with Crippen LogP contribution in [0.3, 0.4) is 0 Å². The van der Waals surface area contributed by atoms with Gasteiger partial charge in [-0.15, -0.1) is 0 Å². The van der Waals surface area contributed by atoms with Gasteiger partial charge in [-0.05, 0) is 56.5 Å². The Morgan fingerprint density at radius 2 is 1.79 bits per heavy atom. The van der Waals surface area contributed by atoms with Crippen LogP contribution in [0.15, 0.2) is 51.9 Å². The molecule has 0 fully saturated rings. The molecule has 3 heterocycles. The molecule has 144 valence electrons. The van der Waals surface area contributed by atoms with Crippen molar-refractivity contribution in [2.75, 3.05) is 0 Å². The molecular formula is C23H20N4O2. The molecule has 1 N–H and O–H groups in total. The summed E-state index contributed by atoms with van der Waals surface area (Å²) in [7, 11) is 0. The fourth-order valence-corrected chi connectivity index (χ4v) is 4.21. The molecule has 5 rings (SSSR count). The number of aryl methyl sites for hydroxylation is 4. The number of nitrogens with one attached hydrogen (secondary N) is 1. The molecule has 0 atom stereocenters. The van der Waals surface area contributed by atoms with Crippen LogP contribution in [0.25, 0.3) is 38.8 Å². The largest absolute Gasteiger partial charge is 0.361 e. The molecule has 0 spiro atoms. The predicted octanol–water partition coefficient (Wildman–Crippen LogP) is 4.76. The monoisotopic (exact) mass is 384 g/mol. The summed E-state index contributed by atoms with van der Waals surface area (Å²) in [6, 6.07) is 12.1. The molecule has 0 amide bonds. The molecule has 6 heteroatoms. The second kappa shape index (κ2) is 6.17. The van der Waals surface area contributed by atoms with E-state index in [4.69, 9.17) is 4.52 Å². The lowest BCUT2D eigenvalue weighted by Gasteiger charge is -2.12. The lowest BCUT2D eigenvalue weighted by Crippen LogP contribution is -2.16. The van der Waals surface area contributed by atoms with Crippen molar-refractivity contribution in [2.24, 2.45) is 0 Å². The summed E-state index contributed by atoms with van der Waals surface area (Å²) < 4.78 is 7.08. The lowest BCUT2D eigenvalue weighted by molar-refractivity contribution is 0.393. The molecule has 2 aromatic carbocycles. The maximum absolute atomic E-state index is 12.9. The van der Waals surface area contributed by atoms with E-state index in [2.05, 4.69) is 15.1 Å². The minimum absolute atomic E-state index is 0.165. The number of fused-ring (bicyclic) bond motifs is 3. The van der Waals surface area contributed by atoms with Crippen molar-refractivity contribution in [1.82, 2.24) is 19.7 Å². The van der Waals surface area contributed by atoms with E-state index in [1.165, 1.54) is 0 Å².